The fourth-order valence-corrected chi connectivity index (χ4v) is 4.17. The van der Waals surface area contributed by atoms with Gasteiger partial charge in [0.05, 0.1) is 18.0 Å². The molecule has 1 amide bonds. The summed E-state index contributed by atoms with van der Waals surface area (Å²) in [5.74, 6) is -0.568. The van der Waals surface area contributed by atoms with Crippen LogP contribution in [-0.2, 0) is 11.2 Å². The molecule has 2 heterocycles. The van der Waals surface area contributed by atoms with E-state index in [2.05, 4.69) is 5.32 Å². The van der Waals surface area contributed by atoms with Crippen molar-refractivity contribution in [2.45, 2.75) is 11.6 Å². The van der Waals surface area contributed by atoms with Crippen molar-refractivity contribution in [2.24, 2.45) is 0 Å². The van der Waals surface area contributed by atoms with Crippen LogP contribution in [0.5, 0.6) is 11.5 Å². The molecule has 2 aliphatic rings. The van der Waals surface area contributed by atoms with Gasteiger partial charge in [-0.1, -0.05) is 6.07 Å². The molecule has 3 N–H and O–H groups in total. The SMILES string of the molecule is COc1ccc2c(c1C(=O)O)OB(O)[C@@H](SCC(=O)N1CCNCC1)C2. The molecule has 0 saturated carbocycles. The molecule has 140 valence electrons. The van der Waals surface area contributed by atoms with Gasteiger partial charge < -0.3 is 29.7 Å². The third kappa shape index (κ3) is 3.92. The van der Waals surface area contributed by atoms with Crippen LogP contribution in [0.25, 0.3) is 0 Å². The lowest BCUT2D eigenvalue weighted by atomic mass is 9.77. The number of hydrogen-bond acceptors (Lipinski definition) is 7. The van der Waals surface area contributed by atoms with Gasteiger partial charge in [-0.15, -0.1) is 11.8 Å². The molecule has 3 rings (SSSR count). The fourth-order valence-electron chi connectivity index (χ4n) is 3.12. The van der Waals surface area contributed by atoms with Gasteiger partial charge in [0.1, 0.15) is 17.1 Å². The average molecular weight is 380 g/mol. The summed E-state index contributed by atoms with van der Waals surface area (Å²) < 4.78 is 10.6. The number of carbonyl (C=O) groups excluding carboxylic acids is 1. The Hall–Kier alpha value is -1.91. The van der Waals surface area contributed by atoms with Gasteiger partial charge in [-0.25, -0.2) is 4.79 Å². The largest absolute Gasteiger partial charge is 0.536 e. The molecule has 1 aromatic carbocycles. The Morgan fingerprint density at radius 2 is 2.15 bits per heavy atom. The molecular weight excluding hydrogens is 359 g/mol. The van der Waals surface area contributed by atoms with Gasteiger partial charge in [0.15, 0.2) is 0 Å². The Kier molecular flexibility index (Phi) is 5.95. The predicted molar refractivity (Wildman–Crippen MR) is 98.0 cm³/mol. The first-order valence-corrected chi connectivity index (χ1v) is 9.44. The third-order valence-corrected chi connectivity index (χ3v) is 5.74. The van der Waals surface area contributed by atoms with Crippen molar-refractivity contribution in [3.63, 3.8) is 0 Å². The number of aromatic carboxylic acids is 1. The van der Waals surface area contributed by atoms with E-state index in [-0.39, 0.29) is 33.9 Å². The molecule has 0 aliphatic carbocycles. The van der Waals surface area contributed by atoms with Crippen molar-refractivity contribution >= 4 is 30.8 Å². The molecule has 0 bridgehead atoms. The number of piperazine rings is 1. The zero-order valence-electron chi connectivity index (χ0n) is 14.4. The summed E-state index contributed by atoms with van der Waals surface area (Å²) in [7, 11) is 0.196. The Morgan fingerprint density at radius 1 is 1.42 bits per heavy atom. The van der Waals surface area contributed by atoms with Crippen molar-refractivity contribution in [1.82, 2.24) is 10.2 Å². The molecule has 0 radical (unpaired) electrons. The highest BCUT2D eigenvalue weighted by Gasteiger charge is 2.38. The molecule has 0 aromatic heterocycles. The topological polar surface area (TPSA) is 108 Å². The number of ether oxygens (including phenoxy) is 1. The summed E-state index contributed by atoms with van der Waals surface area (Å²) in [4.78, 5) is 25.6. The zero-order valence-corrected chi connectivity index (χ0v) is 15.3. The fraction of sp³-hybridized carbons (Fsp3) is 0.500. The molecular formula is C16H21BN2O6S. The Morgan fingerprint density at radius 3 is 2.81 bits per heavy atom. The number of carboxylic acid groups (broad SMARTS) is 1. The second-order valence-electron chi connectivity index (χ2n) is 6.13. The summed E-state index contributed by atoms with van der Waals surface area (Å²) in [6, 6.07) is 3.31. The standard InChI is InChI=1S/C16H21BN2O6S/c1-24-11-3-2-10-8-12(17(23)25-15(10)14(11)16(21)22)26-9-13(20)19-6-4-18-5-7-19/h2-3,12,18,23H,4-9H2,1H3,(H,21,22)/t12-/m0/s1. The molecule has 1 saturated heterocycles. The van der Waals surface area contributed by atoms with Crippen LogP contribution in [0.2, 0.25) is 0 Å². The molecule has 8 nitrogen and oxygen atoms in total. The minimum atomic E-state index is -1.19. The van der Waals surface area contributed by atoms with E-state index in [4.69, 9.17) is 9.39 Å². The third-order valence-electron chi connectivity index (χ3n) is 4.50. The molecule has 2 aliphatic heterocycles. The minimum Gasteiger partial charge on any atom is -0.534 e. The van der Waals surface area contributed by atoms with E-state index >= 15 is 0 Å². The summed E-state index contributed by atoms with van der Waals surface area (Å²) in [5.41, 5.74) is 0.588. The first-order valence-electron chi connectivity index (χ1n) is 8.39. The number of fused-ring (bicyclic) bond motifs is 1. The van der Waals surface area contributed by atoms with E-state index in [0.29, 0.717) is 25.1 Å². The van der Waals surface area contributed by atoms with E-state index in [1.807, 2.05) is 0 Å². The van der Waals surface area contributed by atoms with Gasteiger partial charge in [-0.2, -0.15) is 0 Å². The van der Waals surface area contributed by atoms with Crippen molar-refractivity contribution in [1.29, 1.82) is 0 Å². The monoisotopic (exact) mass is 380 g/mol. The number of carbonyl (C=O) groups is 2. The van der Waals surface area contributed by atoms with Crippen LogP contribution >= 0.6 is 11.8 Å². The van der Waals surface area contributed by atoms with Crippen LogP contribution in [0.3, 0.4) is 0 Å². The molecule has 0 spiro atoms. The van der Waals surface area contributed by atoms with Crippen molar-refractivity contribution in [3.8, 4) is 11.5 Å². The Balaban J connectivity index is 1.69. The van der Waals surface area contributed by atoms with Gasteiger partial charge >= 0.3 is 13.1 Å². The summed E-state index contributed by atoms with van der Waals surface area (Å²) in [5, 5.41) is 22.6. The average Bonchev–Trinajstić information content (AvgIpc) is 2.65. The molecule has 26 heavy (non-hydrogen) atoms. The van der Waals surface area contributed by atoms with Crippen LogP contribution in [0, 0.1) is 0 Å². The molecule has 1 aromatic rings. The lowest BCUT2D eigenvalue weighted by Gasteiger charge is -2.30. The number of carboxylic acids is 1. The number of hydrogen-bond donors (Lipinski definition) is 3. The van der Waals surface area contributed by atoms with E-state index in [0.717, 1.165) is 13.1 Å². The number of nitrogens with one attached hydrogen (secondary N) is 1. The van der Waals surface area contributed by atoms with Crippen LogP contribution in [0.4, 0.5) is 0 Å². The Bertz CT molecular complexity index is 698. The Labute approximate surface area is 156 Å². The van der Waals surface area contributed by atoms with Gasteiger partial charge in [-0.3, -0.25) is 4.79 Å². The van der Waals surface area contributed by atoms with Gasteiger partial charge in [-0.05, 0) is 18.1 Å². The first-order chi connectivity index (χ1) is 12.5. The highest BCUT2D eigenvalue weighted by molar-refractivity contribution is 8.01. The van der Waals surface area contributed by atoms with Crippen LogP contribution < -0.4 is 14.7 Å². The number of rotatable bonds is 5. The quantitative estimate of drug-likeness (QED) is 0.607. The number of amides is 1. The number of nitrogens with zero attached hydrogens (tertiary/aromatic N) is 1. The van der Waals surface area contributed by atoms with E-state index in [1.54, 1.807) is 17.0 Å². The number of methoxy groups -OCH3 is 1. The number of benzene rings is 1. The van der Waals surface area contributed by atoms with Gasteiger partial charge in [0.2, 0.25) is 5.91 Å². The zero-order chi connectivity index (χ0) is 18.7. The van der Waals surface area contributed by atoms with Crippen molar-refractivity contribution < 1.29 is 29.1 Å². The second-order valence-corrected chi connectivity index (χ2v) is 7.36. The van der Waals surface area contributed by atoms with E-state index < -0.39 is 13.1 Å². The first kappa shape index (κ1) is 18.9. The molecule has 10 heteroatoms. The maximum absolute atomic E-state index is 12.3. The van der Waals surface area contributed by atoms with Crippen molar-refractivity contribution in [3.05, 3.63) is 23.3 Å². The highest BCUT2D eigenvalue weighted by atomic mass is 32.2. The van der Waals surface area contributed by atoms with Crippen LogP contribution in [-0.4, -0.2) is 78.2 Å². The second kappa shape index (κ2) is 8.19. The van der Waals surface area contributed by atoms with Gasteiger partial charge in [0.25, 0.3) is 0 Å². The lowest BCUT2D eigenvalue weighted by Crippen LogP contribution is -2.47. The van der Waals surface area contributed by atoms with Gasteiger partial charge in [0, 0.05) is 26.2 Å². The highest BCUT2D eigenvalue weighted by Crippen LogP contribution is 2.38. The number of thioether (sulfide) groups is 1. The molecule has 1 fully saturated rings. The maximum Gasteiger partial charge on any atom is 0.536 e. The minimum absolute atomic E-state index is 0.0375. The normalized spacial score (nSPS) is 19.5. The maximum atomic E-state index is 12.3. The summed E-state index contributed by atoms with van der Waals surface area (Å²) >= 11 is 1.33. The van der Waals surface area contributed by atoms with Crippen LogP contribution in [0.15, 0.2) is 12.1 Å². The van der Waals surface area contributed by atoms with E-state index in [1.165, 1.54) is 18.9 Å². The molecule has 0 unspecified atom stereocenters. The van der Waals surface area contributed by atoms with Crippen LogP contribution in [0.1, 0.15) is 15.9 Å². The molecule has 1 atom stereocenters. The predicted octanol–water partition coefficient (Wildman–Crippen LogP) is -0.118. The van der Waals surface area contributed by atoms with Crippen molar-refractivity contribution in [2.75, 3.05) is 39.0 Å². The van der Waals surface area contributed by atoms with E-state index in [9.17, 15) is 19.7 Å². The summed E-state index contributed by atoms with van der Waals surface area (Å²) in [6.07, 6.45) is 0.417. The lowest BCUT2D eigenvalue weighted by molar-refractivity contribution is -0.128. The smallest absolute Gasteiger partial charge is 0.534 e. The summed E-state index contributed by atoms with van der Waals surface area (Å²) in [6.45, 7) is 2.96.